The Morgan fingerprint density at radius 1 is 1.44 bits per heavy atom. The molecule has 0 aliphatic heterocycles. The molecule has 0 bridgehead atoms. The highest BCUT2D eigenvalue weighted by Gasteiger charge is 2.10. The molecule has 18 heavy (non-hydrogen) atoms. The minimum Gasteiger partial charge on any atom is -0.348 e. The highest BCUT2D eigenvalue weighted by atomic mass is 16.1. The number of nitrogens with zero attached hydrogens (tertiary/aromatic N) is 1. The fourth-order valence-electron chi connectivity index (χ4n) is 1.94. The third-order valence-corrected chi connectivity index (χ3v) is 2.64. The van der Waals surface area contributed by atoms with Crippen LogP contribution < -0.4 is 11.1 Å². The van der Waals surface area contributed by atoms with Gasteiger partial charge in [-0.05, 0) is 51.7 Å². The fourth-order valence-corrected chi connectivity index (χ4v) is 1.94. The van der Waals surface area contributed by atoms with Crippen LogP contribution >= 0.6 is 0 Å². The van der Waals surface area contributed by atoms with E-state index < -0.39 is 0 Å². The molecule has 0 aliphatic rings. The van der Waals surface area contributed by atoms with Crippen molar-refractivity contribution in [2.75, 3.05) is 27.2 Å². The average Bonchev–Trinajstić information content (AvgIpc) is 2.28. The van der Waals surface area contributed by atoms with Gasteiger partial charge in [-0.1, -0.05) is 12.1 Å². The molecule has 4 nitrogen and oxygen atoms in total. The molecule has 0 heterocycles. The van der Waals surface area contributed by atoms with Gasteiger partial charge in [-0.25, -0.2) is 0 Å². The highest BCUT2D eigenvalue weighted by molar-refractivity contribution is 5.94. The Labute approximate surface area is 109 Å². The minimum atomic E-state index is -0.0248. The summed E-state index contributed by atoms with van der Waals surface area (Å²) in [5, 5.41) is 2.98. The van der Waals surface area contributed by atoms with E-state index >= 15 is 0 Å². The van der Waals surface area contributed by atoms with Gasteiger partial charge in [0.2, 0.25) is 0 Å². The predicted octanol–water partition coefficient (Wildman–Crippen LogP) is 0.868. The van der Waals surface area contributed by atoms with Crippen LogP contribution in [-0.4, -0.2) is 44.0 Å². The van der Waals surface area contributed by atoms with E-state index in [9.17, 15) is 4.79 Å². The second kappa shape index (κ2) is 7.13. The van der Waals surface area contributed by atoms with Crippen LogP contribution in [0.4, 0.5) is 0 Å². The van der Waals surface area contributed by atoms with Gasteiger partial charge in [0, 0.05) is 18.2 Å². The Bertz CT molecular complexity index is 390. The lowest BCUT2D eigenvalue weighted by Gasteiger charge is -2.18. The van der Waals surface area contributed by atoms with Crippen LogP contribution in [0.3, 0.4) is 0 Å². The van der Waals surface area contributed by atoms with Crippen LogP contribution in [-0.2, 0) is 6.42 Å². The first-order valence-corrected chi connectivity index (χ1v) is 6.27. The zero-order valence-corrected chi connectivity index (χ0v) is 11.4. The molecule has 1 unspecified atom stereocenters. The Morgan fingerprint density at radius 2 is 2.17 bits per heavy atom. The van der Waals surface area contributed by atoms with E-state index in [1.165, 1.54) is 0 Å². The van der Waals surface area contributed by atoms with Crippen LogP contribution in [0.2, 0.25) is 0 Å². The van der Waals surface area contributed by atoms with Crippen molar-refractivity contribution >= 4 is 5.91 Å². The van der Waals surface area contributed by atoms with Gasteiger partial charge in [0.05, 0.1) is 0 Å². The number of amides is 1. The summed E-state index contributed by atoms with van der Waals surface area (Å²) in [6.07, 6.45) is 0.800. The highest BCUT2D eigenvalue weighted by Crippen LogP contribution is 2.06. The fraction of sp³-hybridized carbons (Fsp3) is 0.500. The van der Waals surface area contributed by atoms with Crippen molar-refractivity contribution in [3.8, 4) is 0 Å². The lowest BCUT2D eigenvalue weighted by molar-refractivity contribution is 0.0934. The first-order chi connectivity index (χ1) is 8.52. The molecule has 1 rings (SSSR count). The van der Waals surface area contributed by atoms with E-state index in [4.69, 9.17) is 5.73 Å². The lowest BCUT2D eigenvalue weighted by atomic mass is 10.1. The summed E-state index contributed by atoms with van der Waals surface area (Å²) in [5.41, 5.74) is 7.32. The minimum absolute atomic E-state index is 0.0248. The number of carbonyl (C=O) groups is 1. The molecule has 1 aromatic carbocycles. The molecule has 0 fully saturated rings. The summed E-state index contributed by atoms with van der Waals surface area (Å²) in [5.74, 6) is -0.0248. The summed E-state index contributed by atoms with van der Waals surface area (Å²) < 4.78 is 0. The maximum Gasteiger partial charge on any atom is 0.251 e. The number of likely N-dealkylation sites (N-methyl/N-ethyl adjacent to an activating group) is 1. The van der Waals surface area contributed by atoms with Gasteiger partial charge in [0.1, 0.15) is 0 Å². The van der Waals surface area contributed by atoms with E-state index in [0.29, 0.717) is 12.1 Å². The molecule has 1 atom stereocenters. The second-order valence-corrected chi connectivity index (χ2v) is 4.88. The largest absolute Gasteiger partial charge is 0.348 e. The van der Waals surface area contributed by atoms with Crippen molar-refractivity contribution in [1.82, 2.24) is 10.2 Å². The number of rotatable bonds is 6. The maximum atomic E-state index is 12.0. The zero-order valence-electron chi connectivity index (χ0n) is 11.4. The number of nitrogens with two attached hydrogens (primary N) is 1. The first-order valence-electron chi connectivity index (χ1n) is 6.27. The Morgan fingerprint density at radius 3 is 2.78 bits per heavy atom. The van der Waals surface area contributed by atoms with Crippen molar-refractivity contribution in [2.24, 2.45) is 5.73 Å². The number of carbonyl (C=O) groups excluding carboxylic acids is 1. The molecule has 0 saturated heterocycles. The summed E-state index contributed by atoms with van der Waals surface area (Å²) in [6.45, 7) is 3.43. The van der Waals surface area contributed by atoms with Crippen molar-refractivity contribution in [3.63, 3.8) is 0 Å². The van der Waals surface area contributed by atoms with Gasteiger partial charge in [0.25, 0.3) is 5.91 Å². The molecule has 0 radical (unpaired) electrons. The van der Waals surface area contributed by atoms with Crippen LogP contribution in [0, 0.1) is 0 Å². The van der Waals surface area contributed by atoms with E-state index in [-0.39, 0.29) is 11.9 Å². The molecule has 0 aromatic heterocycles. The van der Waals surface area contributed by atoms with Crippen LogP contribution in [0.5, 0.6) is 0 Å². The number of hydrogen-bond donors (Lipinski definition) is 2. The number of benzene rings is 1. The van der Waals surface area contributed by atoms with Crippen molar-refractivity contribution in [1.29, 1.82) is 0 Å². The third kappa shape index (κ3) is 4.85. The van der Waals surface area contributed by atoms with Gasteiger partial charge in [-0.3, -0.25) is 4.79 Å². The van der Waals surface area contributed by atoms with E-state index in [1.54, 1.807) is 0 Å². The van der Waals surface area contributed by atoms with Crippen molar-refractivity contribution in [2.45, 2.75) is 19.4 Å². The SMILES string of the molecule is CC(CN(C)C)NC(=O)c1cccc(CCN)c1. The average molecular weight is 249 g/mol. The standard InChI is InChI=1S/C14H23N3O/c1-11(10-17(2)3)16-14(18)13-6-4-5-12(9-13)7-8-15/h4-6,9,11H,7-8,10,15H2,1-3H3,(H,16,18). The lowest BCUT2D eigenvalue weighted by Crippen LogP contribution is -2.39. The van der Waals surface area contributed by atoms with Gasteiger partial charge in [-0.15, -0.1) is 0 Å². The summed E-state index contributed by atoms with van der Waals surface area (Å²) in [7, 11) is 3.98. The van der Waals surface area contributed by atoms with Gasteiger partial charge in [-0.2, -0.15) is 0 Å². The van der Waals surface area contributed by atoms with Crippen molar-refractivity contribution in [3.05, 3.63) is 35.4 Å². The van der Waals surface area contributed by atoms with Gasteiger partial charge < -0.3 is 16.0 Å². The summed E-state index contributed by atoms with van der Waals surface area (Å²) in [4.78, 5) is 14.1. The molecule has 1 amide bonds. The Kier molecular flexibility index (Phi) is 5.82. The third-order valence-electron chi connectivity index (χ3n) is 2.64. The monoisotopic (exact) mass is 249 g/mol. The molecule has 3 N–H and O–H groups in total. The molecule has 0 aliphatic carbocycles. The second-order valence-electron chi connectivity index (χ2n) is 4.88. The zero-order chi connectivity index (χ0) is 13.5. The van der Waals surface area contributed by atoms with E-state index in [0.717, 1.165) is 18.5 Å². The Hall–Kier alpha value is -1.39. The van der Waals surface area contributed by atoms with Gasteiger partial charge >= 0.3 is 0 Å². The van der Waals surface area contributed by atoms with Gasteiger partial charge in [0.15, 0.2) is 0 Å². The molecule has 0 saturated carbocycles. The molecule has 1 aromatic rings. The van der Waals surface area contributed by atoms with Crippen LogP contribution in [0.1, 0.15) is 22.8 Å². The Balaban J connectivity index is 2.63. The molecular weight excluding hydrogens is 226 g/mol. The van der Waals surface area contributed by atoms with Crippen LogP contribution in [0.15, 0.2) is 24.3 Å². The molecule has 100 valence electrons. The quantitative estimate of drug-likeness (QED) is 0.786. The smallest absolute Gasteiger partial charge is 0.251 e. The summed E-state index contributed by atoms with van der Waals surface area (Å²) in [6, 6.07) is 7.76. The maximum absolute atomic E-state index is 12.0. The topological polar surface area (TPSA) is 58.4 Å². The summed E-state index contributed by atoms with van der Waals surface area (Å²) >= 11 is 0. The molecular formula is C14H23N3O. The normalized spacial score (nSPS) is 12.5. The van der Waals surface area contributed by atoms with Crippen molar-refractivity contribution < 1.29 is 4.79 Å². The predicted molar refractivity (Wildman–Crippen MR) is 74.7 cm³/mol. The van der Waals surface area contributed by atoms with E-state index in [2.05, 4.69) is 10.2 Å². The molecule has 0 spiro atoms. The van der Waals surface area contributed by atoms with Crippen LogP contribution in [0.25, 0.3) is 0 Å². The number of nitrogens with one attached hydrogen (secondary N) is 1. The number of hydrogen-bond acceptors (Lipinski definition) is 3. The van der Waals surface area contributed by atoms with E-state index in [1.807, 2.05) is 45.3 Å². The molecule has 4 heteroatoms. The first kappa shape index (κ1) is 14.7.